The van der Waals surface area contributed by atoms with E-state index in [0.29, 0.717) is 12.1 Å². The second-order valence-corrected chi connectivity index (χ2v) is 8.20. The lowest BCUT2D eigenvalue weighted by molar-refractivity contribution is -0.131. The maximum absolute atomic E-state index is 12.5. The molecule has 0 saturated carbocycles. The van der Waals surface area contributed by atoms with E-state index in [2.05, 4.69) is 0 Å². The zero-order chi connectivity index (χ0) is 19.5. The average Bonchev–Trinajstić information content (AvgIpc) is 2.52. The zero-order valence-electron chi connectivity index (χ0n) is 15.2. The number of aryl methyl sites for hydroxylation is 1. The lowest BCUT2D eigenvalue weighted by Crippen LogP contribution is -2.34. The molecule has 2 aromatic carbocycles. The Morgan fingerprint density at radius 1 is 1.15 bits per heavy atom. The van der Waals surface area contributed by atoms with Crippen molar-refractivity contribution in [2.24, 2.45) is 0 Å². The molecule has 7 heteroatoms. The fourth-order valence-corrected chi connectivity index (χ4v) is 4.33. The summed E-state index contributed by atoms with van der Waals surface area (Å²) in [6.45, 7) is 7.52. The molecule has 0 bridgehead atoms. The van der Waals surface area contributed by atoms with Gasteiger partial charge in [0.25, 0.3) is 0 Å². The normalized spacial score (nSPS) is 11.5. The Morgan fingerprint density at radius 3 is 2.27 bits per heavy atom. The minimum absolute atomic E-state index is 0.0166. The molecule has 0 aromatic heterocycles. The number of benzene rings is 2. The summed E-state index contributed by atoms with van der Waals surface area (Å²) in [4.78, 5) is 13.4. The molecule has 2 aromatic rings. The van der Waals surface area contributed by atoms with Gasteiger partial charge in [-0.15, -0.1) is 0 Å². The van der Waals surface area contributed by atoms with Crippen LogP contribution in [0.1, 0.15) is 31.9 Å². The van der Waals surface area contributed by atoms with Gasteiger partial charge < -0.3 is 9.08 Å². The topological polar surface area (TPSA) is 63.7 Å². The number of amides is 1. The van der Waals surface area contributed by atoms with Crippen LogP contribution in [0.4, 0.5) is 0 Å². The third-order valence-electron chi connectivity index (χ3n) is 3.92. The first-order valence-electron chi connectivity index (χ1n) is 8.17. The second kappa shape index (κ2) is 8.10. The maximum atomic E-state index is 12.5. The maximum Gasteiger partial charge on any atom is 0.340 e. The first-order valence-corrected chi connectivity index (χ1v) is 9.96. The summed E-state index contributed by atoms with van der Waals surface area (Å²) in [5.41, 5.74) is 1.40. The van der Waals surface area contributed by atoms with Crippen LogP contribution in [0.3, 0.4) is 0 Å². The summed E-state index contributed by atoms with van der Waals surface area (Å²) in [5, 5.41) is 0.121. The lowest BCUT2D eigenvalue weighted by atomic mass is 10.2. The smallest absolute Gasteiger partial charge is 0.340 e. The quantitative estimate of drug-likeness (QED) is 0.688. The molecular weight excluding hydrogens is 374 g/mol. The minimum Gasteiger partial charge on any atom is -0.379 e. The summed E-state index contributed by atoms with van der Waals surface area (Å²) in [7, 11) is -4.03. The van der Waals surface area contributed by atoms with Gasteiger partial charge in [-0.3, -0.25) is 4.79 Å². The van der Waals surface area contributed by atoms with Gasteiger partial charge in [0.2, 0.25) is 5.91 Å². The standard InChI is InChI=1S/C19H22ClNO4S/c1-13(2)21(15(4)22)12-16-8-10-17(11-9-16)25-26(23,24)19-14(3)6-5-7-18(19)20/h5-11,13H,12H2,1-4H3. The van der Waals surface area contributed by atoms with Crippen LogP contribution in [0.5, 0.6) is 5.75 Å². The molecule has 0 unspecified atom stereocenters. The predicted molar refractivity (Wildman–Crippen MR) is 102 cm³/mol. The molecule has 140 valence electrons. The molecule has 0 N–H and O–H groups in total. The first-order chi connectivity index (χ1) is 12.1. The fourth-order valence-electron chi connectivity index (χ4n) is 2.61. The highest BCUT2D eigenvalue weighted by molar-refractivity contribution is 7.87. The van der Waals surface area contributed by atoms with Crippen molar-refractivity contribution in [2.45, 2.75) is 45.2 Å². The van der Waals surface area contributed by atoms with Gasteiger partial charge in [0.05, 0.1) is 5.02 Å². The van der Waals surface area contributed by atoms with Crippen LogP contribution in [0.2, 0.25) is 5.02 Å². The van der Waals surface area contributed by atoms with Gasteiger partial charge in [-0.25, -0.2) is 0 Å². The third kappa shape index (κ3) is 4.77. The van der Waals surface area contributed by atoms with E-state index in [-0.39, 0.29) is 27.6 Å². The van der Waals surface area contributed by atoms with Crippen LogP contribution >= 0.6 is 11.6 Å². The molecule has 5 nitrogen and oxygen atoms in total. The van der Waals surface area contributed by atoms with E-state index < -0.39 is 10.1 Å². The lowest BCUT2D eigenvalue weighted by Gasteiger charge is -2.25. The predicted octanol–water partition coefficient (Wildman–Crippen LogP) is 4.17. The Morgan fingerprint density at radius 2 is 1.77 bits per heavy atom. The zero-order valence-corrected chi connectivity index (χ0v) is 16.8. The molecule has 0 aliphatic carbocycles. The molecule has 0 radical (unpaired) electrons. The van der Waals surface area contributed by atoms with Gasteiger partial charge in [0, 0.05) is 19.5 Å². The van der Waals surface area contributed by atoms with E-state index in [0.717, 1.165) is 5.56 Å². The van der Waals surface area contributed by atoms with Crippen molar-refractivity contribution >= 4 is 27.6 Å². The van der Waals surface area contributed by atoms with E-state index >= 15 is 0 Å². The van der Waals surface area contributed by atoms with Gasteiger partial charge in [-0.1, -0.05) is 35.9 Å². The Bertz CT molecular complexity index is 872. The largest absolute Gasteiger partial charge is 0.379 e. The molecule has 0 fully saturated rings. The molecule has 2 rings (SSSR count). The number of hydrogen-bond donors (Lipinski definition) is 0. The van der Waals surface area contributed by atoms with Crippen molar-refractivity contribution in [3.63, 3.8) is 0 Å². The molecule has 0 saturated heterocycles. The summed E-state index contributed by atoms with van der Waals surface area (Å²) >= 11 is 6.03. The fraction of sp³-hybridized carbons (Fsp3) is 0.316. The van der Waals surface area contributed by atoms with Crippen molar-refractivity contribution < 1.29 is 17.4 Å². The van der Waals surface area contributed by atoms with Crippen LogP contribution in [-0.4, -0.2) is 25.3 Å². The van der Waals surface area contributed by atoms with E-state index in [1.54, 1.807) is 48.2 Å². The summed E-state index contributed by atoms with van der Waals surface area (Å²) in [6.07, 6.45) is 0. The highest BCUT2D eigenvalue weighted by atomic mass is 35.5. The first kappa shape index (κ1) is 20.3. The Kier molecular flexibility index (Phi) is 6.31. The summed E-state index contributed by atoms with van der Waals surface area (Å²) in [5.74, 6) is 0.170. The van der Waals surface area contributed by atoms with Crippen LogP contribution in [0.25, 0.3) is 0 Å². The molecule has 0 heterocycles. The van der Waals surface area contributed by atoms with E-state index in [4.69, 9.17) is 15.8 Å². The van der Waals surface area contributed by atoms with E-state index in [9.17, 15) is 13.2 Å². The summed E-state index contributed by atoms with van der Waals surface area (Å²) in [6, 6.07) is 11.5. The summed E-state index contributed by atoms with van der Waals surface area (Å²) < 4.78 is 30.3. The number of carbonyl (C=O) groups is 1. The van der Waals surface area contributed by atoms with Crippen LogP contribution in [0, 0.1) is 6.92 Å². The highest BCUT2D eigenvalue weighted by Gasteiger charge is 2.22. The number of nitrogens with zero attached hydrogens (tertiary/aromatic N) is 1. The molecule has 0 spiro atoms. The van der Waals surface area contributed by atoms with Gasteiger partial charge in [0.1, 0.15) is 10.6 Å². The molecule has 0 aliphatic heterocycles. The van der Waals surface area contributed by atoms with Gasteiger partial charge >= 0.3 is 10.1 Å². The van der Waals surface area contributed by atoms with Crippen LogP contribution in [0.15, 0.2) is 47.4 Å². The van der Waals surface area contributed by atoms with Crippen LogP contribution < -0.4 is 4.18 Å². The Hall–Kier alpha value is -2.05. The average molecular weight is 396 g/mol. The SMILES string of the molecule is CC(=O)N(Cc1ccc(OS(=O)(=O)c2c(C)cccc2Cl)cc1)C(C)C. The Balaban J connectivity index is 2.20. The molecular formula is C19H22ClNO4S. The van der Waals surface area contributed by atoms with Gasteiger partial charge in [-0.2, -0.15) is 8.42 Å². The van der Waals surface area contributed by atoms with Gasteiger partial charge in [-0.05, 0) is 50.1 Å². The number of rotatable bonds is 6. The van der Waals surface area contributed by atoms with Crippen molar-refractivity contribution in [1.29, 1.82) is 0 Å². The minimum atomic E-state index is -4.03. The van der Waals surface area contributed by atoms with Crippen LogP contribution in [-0.2, 0) is 21.5 Å². The van der Waals surface area contributed by atoms with Crippen molar-refractivity contribution in [3.8, 4) is 5.75 Å². The monoisotopic (exact) mass is 395 g/mol. The van der Waals surface area contributed by atoms with Crippen molar-refractivity contribution in [1.82, 2.24) is 4.90 Å². The number of carbonyl (C=O) groups excluding carboxylic acids is 1. The van der Waals surface area contributed by atoms with E-state index in [1.165, 1.54) is 13.0 Å². The number of halogens is 1. The Labute approximate surface area is 159 Å². The third-order valence-corrected chi connectivity index (χ3v) is 5.80. The van der Waals surface area contributed by atoms with Crippen molar-refractivity contribution in [2.75, 3.05) is 0 Å². The second-order valence-electron chi connectivity index (χ2n) is 6.31. The molecule has 1 amide bonds. The highest BCUT2D eigenvalue weighted by Crippen LogP contribution is 2.28. The molecule has 0 atom stereocenters. The molecule has 26 heavy (non-hydrogen) atoms. The molecule has 0 aliphatic rings. The van der Waals surface area contributed by atoms with E-state index in [1.807, 2.05) is 13.8 Å². The van der Waals surface area contributed by atoms with Crippen molar-refractivity contribution in [3.05, 3.63) is 58.6 Å². The van der Waals surface area contributed by atoms with Gasteiger partial charge in [0.15, 0.2) is 0 Å². The number of hydrogen-bond acceptors (Lipinski definition) is 4.